The van der Waals surface area contributed by atoms with Gasteiger partial charge in [-0.2, -0.15) is 5.10 Å². The second-order valence-corrected chi connectivity index (χ2v) is 6.90. The largest absolute Gasteiger partial charge is 0.493 e. The van der Waals surface area contributed by atoms with E-state index < -0.39 is 0 Å². The molecule has 1 aromatic heterocycles. The van der Waals surface area contributed by atoms with Crippen molar-refractivity contribution in [1.29, 1.82) is 0 Å². The van der Waals surface area contributed by atoms with Gasteiger partial charge in [-0.25, -0.2) is 4.39 Å². The van der Waals surface area contributed by atoms with Gasteiger partial charge in [-0.15, -0.1) is 0 Å². The van der Waals surface area contributed by atoms with Gasteiger partial charge in [0.1, 0.15) is 11.6 Å². The maximum Gasteiger partial charge on any atom is 0.254 e. The summed E-state index contributed by atoms with van der Waals surface area (Å²) in [6.45, 7) is 1.16. The van der Waals surface area contributed by atoms with Crippen molar-refractivity contribution in [2.45, 2.75) is 25.3 Å². The molecule has 5 nitrogen and oxygen atoms in total. The topological polar surface area (TPSA) is 58.2 Å². The van der Waals surface area contributed by atoms with Crippen molar-refractivity contribution in [1.82, 2.24) is 15.1 Å². The average molecular weight is 379 g/mol. The van der Waals surface area contributed by atoms with Crippen molar-refractivity contribution >= 4 is 5.91 Å². The van der Waals surface area contributed by atoms with Gasteiger partial charge in [0.2, 0.25) is 0 Å². The normalized spacial score (nSPS) is 16.3. The summed E-state index contributed by atoms with van der Waals surface area (Å²) in [5.41, 5.74) is 2.52. The minimum Gasteiger partial charge on any atom is -0.493 e. The number of carbonyl (C=O) groups is 1. The molecule has 1 aliphatic rings. The summed E-state index contributed by atoms with van der Waals surface area (Å²) >= 11 is 0. The number of likely N-dealkylation sites (tertiary alicyclic amines) is 1. The van der Waals surface area contributed by atoms with Crippen LogP contribution in [0.5, 0.6) is 5.75 Å². The lowest BCUT2D eigenvalue weighted by Gasteiger charge is -2.23. The van der Waals surface area contributed by atoms with Gasteiger partial charge in [0, 0.05) is 30.3 Å². The molecule has 1 aliphatic heterocycles. The smallest absolute Gasteiger partial charge is 0.254 e. The Kier molecular flexibility index (Phi) is 5.37. The van der Waals surface area contributed by atoms with Crippen LogP contribution in [0.3, 0.4) is 0 Å². The van der Waals surface area contributed by atoms with E-state index in [-0.39, 0.29) is 17.8 Å². The van der Waals surface area contributed by atoms with E-state index in [2.05, 4.69) is 10.2 Å². The third kappa shape index (κ3) is 4.06. The molecule has 28 heavy (non-hydrogen) atoms. The first-order valence-electron chi connectivity index (χ1n) is 9.49. The molecule has 2 aromatic carbocycles. The molecule has 1 atom stereocenters. The predicted octanol–water partition coefficient (Wildman–Crippen LogP) is 4.15. The highest BCUT2D eigenvalue weighted by Crippen LogP contribution is 2.32. The molecule has 4 rings (SSSR count). The van der Waals surface area contributed by atoms with E-state index in [1.165, 1.54) is 12.1 Å². The molecule has 144 valence electrons. The number of rotatable bonds is 6. The number of aromatic nitrogens is 2. The van der Waals surface area contributed by atoms with Gasteiger partial charge in [-0.1, -0.05) is 24.3 Å². The molecule has 6 heteroatoms. The van der Waals surface area contributed by atoms with Crippen LogP contribution in [0.15, 0.2) is 60.7 Å². The zero-order valence-corrected chi connectivity index (χ0v) is 15.5. The van der Waals surface area contributed by atoms with Crippen molar-refractivity contribution in [3.05, 3.63) is 83.4 Å². The number of carbonyl (C=O) groups excluding carboxylic acids is 1. The predicted molar refractivity (Wildman–Crippen MR) is 104 cm³/mol. The van der Waals surface area contributed by atoms with Crippen LogP contribution in [0.2, 0.25) is 0 Å². The summed E-state index contributed by atoms with van der Waals surface area (Å²) in [6, 6.07) is 17.4. The number of hydrogen-bond acceptors (Lipinski definition) is 3. The molecule has 0 aliphatic carbocycles. The van der Waals surface area contributed by atoms with E-state index in [0.717, 1.165) is 30.8 Å². The van der Waals surface area contributed by atoms with Gasteiger partial charge < -0.3 is 9.64 Å². The molecule has 1 fully saturated rings. The van der Waals surface area contributed by atoms with Gasteiger partial charge in [0.05, 0.1) is 18.3 Å². The standard InChI is InChI=1S/C22H22FN3O2/c23-17-8-4-9-19(14-17)28-13-11-18-15-20(25-24-18)21-10-5-12-26(21)22(27)16-6-2-1-3-7-16/h1-4,6-9,14-15,21H,5,10-13H2,(H,24,25)/t21-/m1/s1. The summed E-state index contributed by atoms with van der Waals surface area (Å²) in [4.78, 5) is 14.7. The van der Waals surface area contributed by atoms with Crippen LogP contribution in [0.25, 0.3) is 0 Å². The molecule has 0 unspecified atom stereocenters. The fraction of sp³-hybridized carbons (Fsp3) is 0.273. The Bertz CT molecular complexity index is 942. The molecule has 3 aromatic rings. The van der Waals surface area contributed by atoms with Crippen LogP contribution < -0.4 is 4.74 Å². The molecular weight excluding hydrogens is 357 g/mol. The van der Waals surface area contributed by atoms with Gasteiger partial charge in [-0.05, 0) is 43.2 Å². The van der Waals surface area contributed by atoms with Crippen LogP contribution in [-0.2, 0) is 6.42 Å². The number of ether oxygens (including phenoxy) is 1. The third-order valence-electron chi connectivity index (χ3n) is 4.96. The van der Waals surface area contributed by atoms with Crippen LogP contribution in [-0.4, -0.2) is 34.2 Å². The minimum absolute atomic E-state index is 0.0122. The second-order valence-electron chi connectivity index (χ2n) is 6.90. The first-order chi connectivity index (χ1) is 13.7. The van der Waals surface area contributed by atoms with E-state index in [0.29, 0.717) is 24.3 Å². The quantitative estimate of drug-likeness (QED) is 0.700. The first kappa shape index (κ1) is 18.2. The first-order valence-corrected chi connectivity index (χ1v) is 9.49. The Labute approximate surface area is 163 Å². The van der Waals surface area contributed by atoms with Crippen molar-refractivity contribution in [2.75, 3.05) is 13.2 Å². The van der Waals surface area contributed by atoms with E-state index in [9.17, 15) is 9.18 Å². The average Bonchev–Trinajstić information content (AvgIpc) is 3.37. The zero-order chi connectivity index (χ0) is 19.3. The van der Waals surface area contributed by atoms with Crippen LogP contribution in [0, 0.1) is 5.82 Å². The minimum atomic E-state index is -0.314. The number of amides is 1. The Morgan fingerprint density at radius 2 is 2.04 bits per heavy atom. The Hall–Kier alpha value is -3.15. The van der Waals surface area contributed by atoms with Crippen LogP contribution >= 0.6 is 0 Å². The highest BCUT2D eigenvalue weighted by atomic mass is 19.1. The Balaban J connectivity index is 1.38. The molecule has 0 saturated carbocycles. The molecule has 0 spiro atoms. The fourth-order valence-electron chi connectivity index (χ4n) is 3.58. The Morgan fingerprint density at radius 3 is 2.86 bits per heavy atom. The van der Waals surface area contributed by atoms with Crippen molar-refractivity contribution in [3.63, 3.8) is 0 Å². The van der Waals surface area contributed by atoms with Crippen molar-refractivity contribution in [3.8, 4) is 5.75 Å². The summed E-state index contributed by atoms with van der Waals surface area (Å²) in [5.74, 6) is 0.239. The molecule has 1 saturated heterocycles. The highest BCUT2D eigenvalue weighted by molar-refractivity contribution is 5.94. The Morgan fingerprint density at radius 1 is 1.18 bits per heavy atom. The molecule has 0 radical (unpaired) electrons. The van der Waals surface area contributed by atoms with Crippen LogP contribution in [0.4, 0.5) is 4.39 Å². The maximum atomic E-state index is 13.2. The number of halogens is 1. The van der Waals surface area contributed by atoms with Crippen molar-refractivity contribution in [2.24, 2.45) is 0 Å². The molecule has 0 bridgehead atoms. The number of nitrogens with zero attached hydrogens (tertiary/aromatic N) is 2. The number of H-pyrrole nitrogens is 1. The monoisotopic (exact) mass is 379 g/mol. The van der Waals surface area contributed by atoms with E-state index in [1.807, 2.05) is 41.3 Å². The summed E-state index contributed by atoms with van der Waals surface area (Å²) in [6.07, 6.45) is 2.50. The zero-order valence-electron chi connectivity index (χ0n) is 15.5. The third-order valence-corrected chi connectivity index (χ3v) is 4.96. The summed E-state index contributed by atoms with van der Waals surface area (Å²) < 4.78 is 18.8. The summed E-state index contributed by atoms with van der Waals surface area (Å²) in [7, 11) is 0. The van der Waals surface area contributed by atoms with Crippen LogP contribution in [0.1, 0.15) is 40.6 Å². The number of hydrogen-bond donors (Lipinski definition) is 1. The lowest BCUT2D eigenvalue weighted by molar-refractivity contribution is 0.0733. The van der Waals surface area contributed by atoms with Gasteiger partial charge in [-0.3, -0.25) is 9.89 Å². The van der Waals surface area contributed by atoms with Gasteiger partial charge >= 0.3 is 0 Å². The lowest BCUT2D eigenvalue weighted by Crippen LogP contribution is -2.30. The van der Waals surface area contributed by atoms with E-state index in [4.69, 9.17) is 4.74 Å². The molecule has 2 heterocycles. The molecule has 1 amide bonds. The fourth-order valence-corrected chi connectivity index (χ4v) is 3.58. The van der Waals surface area contributed by atoms with Crippen molar-refractivity contribution < 1.29 is 13.9 Å². The highest BCUT2D eigenvalue weighted by Gasteiger charge is 2.32. The lowest BCUT2D eigenvalue weighted by atomic mass is 10.1. The SMILES string of the molecule is O=C(c1ccccc1)N1CCC[C@@H]1c1cc(CCOc2cccc(F)c2)[nH]n1. The van der Waals surface area contributed by atoms with Gasteiger partial charge in [0.15, 0.2) is 0 Å². The van der Waals surface area contributed by atoms with Gasteiger partial charge in [0.25, 0.3) is 5.91 Å². The summed E-state index contributed by atoms with van der Waals surface area (Å²) in [5, 5.41) is 7.47. The maximum absolute atomic E-state index is 13.2. The molecule has 1 N–H and O–H groups in total. The molecular formula is C22H22FN3O2. The van der Waals surface area contributed by atoms with E-state index >= 15 is 0 Å². The number of aromatic amines is 1. The number of nitrogens with one attached hydrogen (secondary N) is 1. The van der Waals surface area contributed by atoms with E-state index in [1.54, 1.807) is 12.1 Å². The number of benzene rings is 2. The second kappa shape index (κ2) is 8.25.